The molecule has 0 amide bonds. The number of sulfone groups is 1. The summed E-state index contributed by atoms with van der Waals surface area (Å²) in [6.07, 6.45) is 1.09. The van der Waals surface area contributed by atoms with E-state index in [-0.39, 0.29) is 17.1 Å². The Labute approximate surface area is 118 Å². The number of hydrogen-bond acceptors (Lipinski definition) is 5. The van der Waals surface area contributed by atoms with Crippen LogP contribution in [0.5, 0.6) is 11.5 Å². The second kappa shape index (κ2) is 6.13. The first kappa shape index (κ1) is 16.3. The second-order valence-corrected chi connectivity index (χ2v) is 6.45. The minimum Gasteiger partial charge on any atom is -0.496 e. The molecule has 1 unspecified atom stereocenters. The molecule has 0 bridgehead atoms. The summed E-state index contributed by atoms with van der Waals surface area (Å²) in [4.78, 5) is 11.0. The van der Waals surface area contributed by atoms with Crippen molar-refractivity contribution in [2.24, 2.45) is 5.92 Å². The van der Waals surface area contributed by atoms with Crippen molar-refractivity contribution in [3.05, 3.63) is 17.7 Å². The molecule has 0 aliphatic rings. The van der Waals surface area contributed by atoms with Gasteiger partial charge in [-0.15, -0.1) is 0 Å². The van der Waals surface area contributed by atoms with Crippen LogP contribution in [0.15, 0.2) is 17.0 Å². The Morgan fingerprint density at radius 2 is 1.75 bits per heavy atom. The zero-order valence-electron chi connectivity index (χ0n) is 11.8. The van der Waals surface area contributed by atoms with E-state index in [1.165, 1.54) is 27.2 Å². The van der Waals surface area contributed by atoms with E-state index >= 15 is 0 Å². The molecule has 0 aromatic heterocycles. The predicted molar refractivity (Wildman–Crippen MR) is 73.2 cm³/mol. The maximum Gasteiger partial charge on any atom is 0.306 e. The molecule has 0 aliphatic heterocycles. The molecule has 0 saturated carbocycles. The maximum absolute atomic E-state index is 12.0. The van der Waals surface area contributed by atoms with E-state index in [1.807, 2.05) is 0 Å². The van der Waals surface area contributed by atoms with Gasteiger partial charge in [0.15, 0.2) is 9.84 Å². The van der Waals surface area contributed by atoms with E-state index in [0.29, 0.717) is 11.3 Å². The number of benzene rings is 1. The molecule has 0 radical (unpaired) electrons. The van der Waals surface area contributed by atoms with Crippen LogP contribution in [-0.2, 0) is 21.1 Å². The van der Waals surface area contributed by atoms with Crippen molar-refractivity contribution in [2.45, 2.75) is 18.2 Å². The fourth-order valence-electron chi connectivity index (χ4n) is 1.93. The highest BCUT2D eigenvalue weighted by atomic mass is 32.2. The molecule has 1 atom stereocenters. The molecular formula is C13H18O6S. The van der Waals surface area contributed by atoms with Gasteiger partial charge in [-0.2, -0.15) is 0 Å². The molecule has 0 aliphatic carbocycles. The first-order chi connectivity index (χ1) is 9.22. The van der Waals surface area contributed by atoms with Gasteiger partial charge in [-0.3, -0.25) is 4.79 Å². The standard InChI is InChI=1S/C13H18O6S/c1-8(13(14)15)7-9-10(18-2)5-6-11(19-3)12(9)20(4,16)17/h5-6,8H,7H2,1-4H3,(H,14,15). The van der Waals surface area contributed by atoms with Crippen LogP contribution in [0, 0.1) is 5.92 Å². The zero-order valence-corrected chi connectivity index (χ0v) is 12.7. The molecule has 20 heavy (non-hydrogen) atoms. The summed E-state index contributed by atoms with van der Waals surface area (Å²) in [5.41, 5.74) is 0.323. The van der Waals surface area contributed by atoms with E-state index in [0.717, 1.165) is 6.26 Å². The molecule has 0 heterocycles. The van der Waals surface area contributed by atoms with Gasteiger partial charge in [-0.05, 0) is 18.6 Å². The van der Waals surface area contributed by atoms with Gasteiger partial charge in [0.25, 0.3) is 0 Å². The molecule has 0 fully saturated rings. The van der Waals surface area contributed by atoms with Crippen molar-refractivity contribution in [3.63, 3.8) is 0 Å². The third kappa shape index (κ3) is 3.41. The summed E-state index contributed by atoms with van der Waals surface area (Å²) < 4.78 is 34.2. The molecule has 0 saturated heterocycles. The first-order valence-electron chi connectivity index (χ1n) is 5.89. The number of carboxylic acid groups (broad SMARTS) is 1. The smallest absolute Gasteiger partial charge is 0.306 e. The Hall–Kier alpha value is -1.76. The van der Waals surface area contributed by atoms with E-state index < -0.39 is 21.7 Å². The number of carbonyl (C=O) groups is 1. The highest BCUT2D eigenvalue weighted by Gasteiger charge is 2.26. The summed E-state index contributed by atoms with van der Waals surface area (Å²) >= 11 is 0. The molecule has 6 nitrogen and oxygen atoms in total. The van der Waals surface area contributed by atoms with E-state index in [2.05, 4.69) is 0 Å². The van der Waals surface area contributed by atoms with Crippen molar-refractivity contribution in [3.8, 4) is 11.5 Å². The van der Waals surface area contributed by atoms with Crippen molar-refractivity contribution in [1.29, 1.82) is 0 Å². The molecule has 7 heteroatoms. The summed E-state index contributed by atoms with van der Waals surface area (Å²) in [5.74, 6) is -1.23. The maximum atomic E-state index is 12.0. The van der Waals surface area contributed by atoms with Crippen molar-refractivity contribution < 1.29 is 27.8 Å². The van der Waals surface area contributed by atoms with Crippen LogP contribution >= 0.6 is 0 Å². The van der Waals surface area contributed by atoms with Gasteiger partial charge in [0.2, 0.25) is 0 Å². The SMILES string of the molecule is COc1ccc(OC)c(S(C)(=O)=O)c1CC(C)C(=O)O. The summed E-state index contributed by atoms with van der Waals surface area (Å²) in [7, 11) is -0.811. The lowest BCUT2D eigenvalue weighted by Gasteiger charge is -2.17. The normalized spacial score (nSPS) is 12.8. The van der Waals surface area contributed by atoms with Gasteiger partial charge in [-0.25, -0.2) is 8.42 Å². The first-order valence-corrected chi connectivity index (χ1v) is 7.78. The fourth-order valence-corrected chi connectivity index (χ4v) is 3.08. The third-order valence-corrected chi connectivity index (χ3v) is 4.11. The topological polar surface area (TPSA) is 89.9 Å². The third-order valence-electron chi connectivity index (χ3n) is 2.92. The molecule has 1 aromatic rings. The average molecular weight is 302 g/mol. The van der Waals surface area contributed by atoms with Crippen LogP contribution in [0.3, 0.4) is 0 Å². The molecule has 0 spiro atoms. The number of methoxy groups -OCH3 is 2. The molecule has 112 valence electrons. The Kier molecular flexibility index (Phi) is 4.99. The van der Waals surface area contributed by atoms with Gasteiger partial charge in [0, 0.05) is 11.8 Å². The monoisotopic (exact) mass is 302 g/mol. The predicted octanol–water partition coefficient (Wildman–Crippen LogP) is 1.37. The highest BCUT2D eigenvalue weighted by molar-refractivity contribution is 7.90. The van der Waals surface area contributed by atoms with Gasteiger partial charge in [0.1, 0.15) is 16.4 Å². The van der Waals surface area contributed by atoms with Crippen LogP contribution in [0.2, 0.25) is 0 Å². The summed E-state index contributed by atoms with van der Waals surface area (Å²) in [6, 6.07) is 3.06. The molecule has 1 N–H and O–H groups in total. The lowest BCUT2D eigenvalue weighted by Crippen LogP contribution is -2.16. The van der Waals surface area contributed by atoms with Crippen molar-refractivity contribution in [1.82, 2.24) is 0 Å². The largest absolute Gasteiger partial charge is 0.496 e. The number of rotatable bonds is 6. The van der Waals surface area contributed by atoms with E-state index in [4.69, 9.17) is 14.6 Å². The number of carboxylic acids is 1. The van der Waals surface area contributed by atoms with Crippen LogP contribution in [0.4, 0.5) is 0 Å². The quantitative estimate of drug-likeness (QED) is 0.853. The van der Waals surface area contributed by atoms with Gasteiger partial charge >= 0.3 is 5.97 Å². The van der Waals surface area contributed by atoms with E-state index in [1.54, 1.807) is 6.07 Å². The van der Waals surface area contributed by atoms with Crippen LogP contribution in [0.25, 0.3) is 0 Å². The Bertz CT molecular complexity index is 606. The van der Waals surface area contributed by atoms with Gasteiger partial charge < -0.3 is 14.6 Å². The average Bonchev–Trinajstić information content (AvgIpc) is 2.36. The molecular weight excluding hydrogens is 284 g/mol. The summed E-state index contributed by atoms with van der Waals surface area (Å²) in [6.45, 7) is 1.51. The Balaban J connectivity index is 3.55. The summed E-state index contributed by atoms with van der Waals surface area (Å²) in [5, 5.41) is 9.01. The van der Waals surface area contributed by atoms with E-state index in [9.17, 15) is 13.2 Å². The minimum absolute atomic E-state index is 0.0209. The second-order valence-electron chi connectivity index (χ2n) is 4.49. The van der Waals surface area contributed by atoms with Crippen LogP contribution < -0.4 is 9.47 Å². The number of aliphatic carboxylic acids is 1. The molecule has 1 rings (SSSR count). The lowest BCUT2D eigenvalue weighted by molar-refractivity contribution is -0.141. The Morgan fingerprint density at radius 3 is 2.15 bits per heavy atom. The van der Waals surface area contributed by atoms with Crippen LogP contribution in [0.1, 0.15) is 12.5 Å². The minimum atomic E-state index is -3.58. The zero-order chi connectivity index (χ0) is 15.5. The molecule has 1 aromatic carbocycles. The Morgan fingerprint density at radius 1 is 1.25 bits per heavy atom. The fraction of sp³-hybridized carbons (Fsp3) is 0.462. The number of ether oxygens (including phenoxy) is 2. The van der Waals surface area contributed by atoms with Crippen LogP contribution in [-0.4, -0.2) is 40.0 Å². The lowest BCUT2D eigenvalue weighted by atomic mass is 10.00. The van der Waals surface area contributed by atoms with Gasteiger partial charge in [0.05, 0.1) is 20.1 Å². The highest BCUT2D eigenvalue weighted by Crippen LogP contribution is 2.35. The van der Waals surface area contributed by atoms with Crippen molar-refractivity contribution in [2.75, 3.05) is 20.5 Å². The van der Waals surface area contributed by atoms with Gasteiger partial charge in [-0.1, -0.05) is 6.92 Å². The number of hydrogen-bond donors (Lipinski definition) is 1. The van der Waals surface area contributed by atoms with Crippen molar-refractivity contribution >= 4 is 15.8 Å².